The Morgan fingerprint density at radius 1 is 0.774 bits per heavy atom. The van der Waals surface area contributed by atoms with Crippen LogP contribution in [-0.2, 0) is 0 Å². The standard InChI is InChI=1S/C22H36N4O4S/c1-5-9-11-13-23-25-21(27)19-17(29-15-7-3)18(30-16-8-4)20(31-19)22(28)26-24-14-12-10-6-2/h13-14H,5-12,15-16H2,1-4H3,(H,25,27)(H,26,28)/b23-13+,24-14+. The topological polar surface area (TPSA) is 101 Å². The maximum absolute atomic E-state index is 12.7. The van der Waals surface area contributed by atoms with Crippen molar-refractivity contribution >= 4 is 35.6 Å². The highest BCUT2D eigenvalue weighted by atomic mass is 32.1. The Bertz CT molecular complexity index is 673. The van der Waals surface area contributed by atoms with Crippen molar-refractivity contribution in [1.82, 2.24) is 10.9 Å². The van der Waals surface area contributed by atoms with Gasteiger partial charge in [0.25, 0.3) is 11.8 Å². The second kappa shape index (κ2) is 16.3. The van der Waals surface area contributed by atoms with E-state index in [0.29, 0.717) is 13.2 Å². The van der Waals surface area contributed by atoms with Gasteiger partial charge in [0.05, 0.1) is 13.2 Å². The summed E-state index contributed by atoms with van der Waals surface area (Å²) in [5.74, 6) is -0.310. The van der Waals surface area contributed by atoms with Crippen LogP contribution in [0.15, 0.2) is 10.2 Å². The highest BCUT2D eigenvalue weighted by molar-refractivity contribution is 7.16. The van der Waals surface area contributed by atoms with Gasteiger partial charge in [0, 0.05) is 12.4 Å². The largest absolute Gasteiger partial charge is 0.488 e. The molecule has 0 aliphatic carbocycles. The summed E-state index contributed by atoms with van der Waals surface area (Å²) in [6.45, 7) is 8.91. The van der Waals surface area contributed by atoms with Crippen molar-refractivity contribution in [3.8, 4) is 11.5 Å². The number of amides is 2. The molecule has 1 aromatic rings. The SMILES string of the molecule is CCCC/C=N/NC(=O)c1sc(C(=O)N/N=C/CCCC)c(OCCC)c1OCCC. The molecule has 0 radical (unpaired) electrons. The second-order valence-corrected chi connectivity index (χ2v) is 7.93. The number of thiophene rings is 1. The number of nitrogens with zero attached hydrogens (tertiary/aromatic N) is 2. The molecular formula is C22H36N4O4S. The molecule has 31 heavy (non-hydrogen) atoms. The lowest BCUT2D eigenvalue weighted by molar-refractivity contribution is 0.0945. The number of carbonyl (C=O) groups excluding carboxylic acids is 2. The first-order valence-electron chi connectivity index (χ1n) is 11.2. The van der Waals surface area contributed by atoms with Crippen LogP contribution < -0.4 is 20.3 Å². The number of hydrazone groups is 2. The average Bonchev–Trinajstić information content (AvgIpc) is 3.14. The zero-order chi connectivity index (χ0) is 22.9. The Morgan fingerprint density at radius 2 is 1.19 bits per heavy atom. The Kier molecular flexibility index (Phi) is 14.0. The second-order valence-electron chi connectivity index (χ2n) is 6.91. The molecule has 0 fully saturated rings. The third-order valence-corrected chi connectivity index (χ3v) is 5.17. The lowest BCUT2D eigenvalue weighted by Gasteiger charge is -2.10. The summed E-state index contributed by atoms with van der Waals surface area (Å²) in [6.07, 6.45) is 10.5. The molecule has 0 saturated carbocycles. The zero-order valence-corrected chi connectivity index (χ0v) is 20.0. The molecule has 9 heteroatoms. The molecule has 0 bridgehead atoms. The van der Waals surface area contributed by atoms with Gasteiger partial charge in [-0.25, -0.2) is 10.9 Å². The van der Waals surface area contributed by atoms with Crippen LogP contribution in [0.4, 0.5) is 0 Å². The monoisotopic (exact) mass is 452 g/mol. The Labute approximate surface area is 189 Å². The molecule has 0 aliphatic rings. The predicted octanol–water partition coefficient (Wildman–Crippen LogP) is 5.14. The van der Waals surface area contributed by atoms with Gasteiger partial charge in [0.15, 0.2) is 11.5 Å². The molecule has 8 nitrogen and oxygen atoms in total. The van der Waals surface area contributed by atoms with Gasteiger partial charge < -0.3 is 9.47 Å². The van der Waals surface area contributed by atoms with Gasteiger partial charge in [-0.15, -0.1) is 11.3 Å². The lowest BCUT2D eigenvalue weighted by Crippen LogP contribution is -2.17. The van der Waals surface area contributed by atoms with E-state index in [1.54, 1.807) is 12.4 Å². The van der Waals surface area contributed by atoms with Crippen LogP contribution in [0.1, 0.15) is 98.4 Å². The minimum Gasteiger partial charge on any atom is -0.488 e. The number of hydrogen-bond acceptors (Lipinski definition) is 7. The fraction of sp³-hybridized carbons (Fsp3) is 0.636. The number of carbonyl (C=O) groups is 2. The van der Waals surface area contributed by atoms with Crippen LogP contribution in [0, 0.1) is 0 Å². The molecule has 0 spiro atoms. The third kappa shape index (κ3) is 9.50. The molecule has 0 aliphatic heterocycles. The quantitative estimate of drug-likeness (QED) is 0.206. The van der Waals surface area contributed by atoms with Crippen LogP contribution in [0.3, 0.4) is 0 Å². The highest BCUT2D eigenvalue weighted by Crippen LogP contribution is 2.42. The molecule has 1 heterocycles. The van der Waals surface area contributed by atoms with Crippen molar-refractivity contribution in [3.05, 3.63) is 9.75 Å². The van der Waals surface area contributed by atoms with E-state index in [-0.39, 0.29) is 21.3 Å². The third-order valence-electron chi connectivity index (χ3n) is 4.02. The first kappa shape index (κ1) is 26.6. The Balaban J connectivity index is 3.13. The van der Waals surface area contributed by atoms with Crippen molar-refractivity contribution in [2.75, 3.05) is 13.2 Å². The lowest BCUT2D eigenvalue weighted by atomic mass is 10.3. The Morgan fingerprint density at radius 3 is 1.55 bits per heavy atom. The molecule has 0 aromatic carbocycles. The van der Waals surface area contributed by atoms with Crippen molar-refractivity contribution in [2.24, 2.45) is 10.2 Å². The van der Waals surface area contributed by atoms with Gasteiger partial charge in [-0.2, -0.15) is 10.2 Å². The first-order valence-corrected chi connectivity index (χ1v) is 12.0. The minimum atomic E-state index is -0.435. The van der Waals surface area contributed by atoms with Crippen LogP contribution in [0.25, 0.3) is 0 Å². The normalized spacial score (nSPS) is 11.2. The van der Waals surface area contributed by atoms with E-state index in [2.05, 4.69) is 34.9 Å². The predicted molar refractivity (Wildman–Crippen MR) is 127 cm³/mol. The highest BCUT2D eigenvalue weighted by Gasteiger charge is 2.29. The van der Waals surface area contributed by atoms with Gasteiger partial charge in [-0.3, -0.25) is 9.59 Å². The molecule has 0 saturated heterocycles. The van der Waals surface area contributed by atoms with E-state index in [1.165, 1.54) is 0 Å². The molecule has 2 amide bonds. The summed E-state index contributed by atoms with van der Waals surface area (Å²) < 4.78 is 11.6. The van der Waals surface area contributed by atoms with E-state index in [1.807, 2.05) is 13.8 Å². The van der Waals surface area contributed by atoms with Crippen LogP contribution >= 0.6 is 11.3 Å². The summed E-state index contributed by atoms with van der Waals surface area (Å²) >= 11 is 1.02. The van der Waals surface area contributed by atoms with Gasteiger partial charge in [-0.1, -0.05) is 40.5 Å². The van der Waals surface area contributed by atoms with Crippen molar-refractivity contribution in [3.63, 3.8) is 0 Å². The molecule has 0 atom stereocenters. The van der Waals surface area contributed by atoms with E-state index in [9.17, 15) is 9.59 Å². The van der Waals surface area contributed by atoms with Crippen molar-refractivity contribution in [2.45, 2.75) is 79.1 Å². The van der Waals surface area contributed by atoms with Crippen LogP contribution in [0.5, 0.6) is 11.5 Å². The molecule has 2 N–H and O–H groups in total. The maximum Gasteiger partial charge on any atom is 0.285 e. The number of unbranched alkanes of at least 4 members (excludes halogenated alkanes) is 4. The van der Waals surface area contributed by atoms with Gasteiger partial charge in [-0.05, 0) is 38.5 Å². The summed E-state index contributed by atoms with van der Waals surface area (Å²) in [4.78, 5) is 26.0. The fourth-order valence-corrected chi connectivity index (χ4v) is 3.37. The zero-order valence-electron chi connectivity index (χ0n) is 19.2. The number of ether oxygens (including phenoxy) is 2. The fourth-order valence-electron chi connectivity index (χ4n) is 2.40. The number of rotatable bonds is 16. The van der Waals surface area contributed by atoms with E-state index in [4.69, 9.17) is 9.47 Å². The summed E-state index contributed by atoms with van der Waals surface area (Å²) in [6, 6.07) is 0. The van der Waals surface area contributed by atoms with Gasteiger partial charge in [0.1, 0.15) is 9.75 Å². The van der Waals surface area contributed by atoms with E-state index in [0.717, 1.165) is 62.7 Å². The van der Waals surface area contributed by atoms with Crippen LogP contribution in [-0.4, -0.2) is 37.5 Å². The smallest absolute Gasteiger partial charge is 0.285 e. The Hall–Kier alpha value is -2.42. The van der Waals surface area contributed by atoms with Gasteiger partial charge >= 0.3 is 0 Å². The van der Waals surface area contributed by atoms with Crippen molar-refractivity contribution < 1.29 is 19.1 Å². The number of hydrogen-bond donors (Lipinski definition) is 2. The van der Waals surface area contributed by atoms with Gasteiger partial charge in [0.2, 0.25) is 0 Å². The summed E-state index contributed by atoms with van der Waals surface area (Å²) in [5, 5.41) is 7.98. The molecule has 1 aromatic heterocycles. The molecule has 0 unspecified atom stereocenters. The summed E-state index contributed by atoms with van der Waals surface area (Å²) in [7, 11) is 0. The van der Waals surface area contributed by atoms with E-state index >= 15 is 0 Å². The minimum absolute atomic E-state index is 0.257. The van der Waals surface area contributed by atoms with Crippen molar-refractivity contribution in [1.29, 1.82) is 0 Å². The average molecular weight is 453 g/mol. The van der Waals surface area contributed by atoms with E-state index < -0.39 is 11.8 Å². The number of nitrogens with one attached hydrogen (secondary N) is 2. The first-order chi connectivity index (χ1) is 15.1. The molecule has 174 valence electrons. The maximum atomic E-state index is 12.7. The van der Waals surface area contributed by atoms with Crippen LogP contribution in [0.2, 0.25) is 0 Å². The summed E-state index contributed by atoms with van der Waals surface area (Å²) in [5.41, 5.74) is 5.04. The molecular weight excluding hydrogens is 416 g/mol. The molecule has 1 rings (SSSR count).